The summed E-state index contributed by atoms with van der Waals surface area (Å²) in [4.78, 5) is 9.64. The minimum atomic E-state index is 0.361. The van der Waals surface area contributed by atoms with Gasteiger partial charge in [-0.3, -0.25) is 9.89 Å². The van der Waals surface area contributed by atoms with E-state index in [1.807, 2.05) is 7.05 Å². The summed E-state index contributed by atoms with van der Waals surface area (Å²) in [6.45, 7) is 9.47. The SMILES string of the molecule is CN=C(NCc1ccccc1CN1CCCCC1C)N1CCC2(CCOC2)C1. The molecule has 2 unspecified atom stereocenters. The number of piperidine rings is 1. The highest BCUT2D eigenvalue weighted by atomic mass is 16.5. The van der Waals surface area contributed by atoms with Gasteiger partial charge in [0.1, 0.15) is 0 Å². The molecular formula is C23H36N4O. The number of ether oxygens (including phenoxy) is 1. The van der Waals surface area contributed by atoms with Gasteiger partial charge in [0.15, 0.2) is 5.96 Å². The zero-order valence-electron chi connectivity index (χ0n) is 17.6. The highest BCUT2D eigenvalue weighted by Gasteiger charge is 2.42. The maximum absolute atomic E-state index is 5.68. The summed E-state index contributed by atoms with van der Waals surface area (Å²) in [7, 11) is 1.90. The maximum atomic E-state index is 5.68. The van der Waals surface area contributed by atoms with E-state index in [-0.39, 0.29) is 0 Å². The van der Waals surface area contributed by atoms with Gasteiger partial charge in [-0.15, -0.1) is 0 Å². The summed E-state index contributed by atoms with van der Waals surface area (Å²) in [5.74, 6) is 1.03. The van der Waals surface area contributed by atoms with Crippen molar-refractivity contribution >= 4 is 5.96 Å². The molecule has 0 saturated carbocycles. The maximum Gasteiger partial charge on any atom is 0.193 e. The van der Waals surface area contributed by atoms with E-state index < -0.39 is 0 Å². The molecule has 4 rings (SSSR count). The fraction of sp³-hybridized carbons (Fsp3) is 0.696. The highest BCUT2D eigenvalue weighted by Crippen LogP contribution is 2.38. The van der Waals surface area contributed by atoms with Crippen LogP contribution in [-0.4, -0.2) is 61.7 Å². The predicted octanol–water partition coefficient (Wildman–Crippen LogP) is 3.25. The van der Waals surface area contributed by atoms with Crippen LogP contribution in [0.3, 0.4) is 0 Å². The average molecular weight is 385 g/mol. The van der Waals surface area contributed by atoms with Gasteiger partial charge in [-0.25, -0.2) is 0 Å². The summed E-state index contributed by atoms with van der Waals surface area (Å²) in [5, 5.41) is 3.64. The van der Waals surface area contributed by atoms with Gasteiger partial charge in [0.25, 0.3) is 0 Å². The van der Waals surface area contributed by atoms with E-state index in [2.05, 4.69) is 51.3 Å². The van der Waals surface area contributed by atoms with Gasteiger partial charge in [0.2, 0.25) is 0 Å². The zero-order chi connectivity index (χ0) is 19.4. The molecule has 3 fully saturated rings. The number of rotatable bonds is 4. The fourth-order valence-electron chi connectivity index (χ4n) is 5.09. The topological polar surface area (TPSA) is 40.1 Å². The van der Waals surface area contributed by atoms with Crippen molar-refractivity contribution in [3.63, 3.8) is 0 Å². The third-order valence-electron chi connectivity index (χ3n) is 7.00. The molecule has 1 aromatic rings. The molecular weight excluding hydrogens is 348 g/mol. The number of nitrogens with zero attached hydrogens (tertiary/aromatic N) is 3. The first-order valence-corrected chi connectivity index (χ1v) is 11.0. The molecule has 5 nitrogen and oxygen atoms in total. The molecule has 154 valence electrons. The number of guanidine groups is 1. The van der Waals surface area contributed by atoms with Crippen LogP contribution in [0.4, 0.5) is 0 Å². The average Bonchev–Trinajstić information content (AvgIpc) is 3.35. The van der Waals surface area contributed by atoms with E-state index in [1.54, 1.807) is 0 Å². The molecule has 0 bridgehead atoms. The molecule has 3 heterocycles. The van der Waals surface area contributed by atoms with E-state index in [1.165, 1.54) is 49.8 Å². The monoisotopic (exact) mass is 384 g/mol. The Morgan fingerprint density at radius 2 is 2.07 bits per heavy atom. The first kappa shape index (κ1) is 19.7. The molecule has 3 aliphatic rings. The van der Waals surface area contributed by atoms with Crippen molar-refractivity contribution in [2.75, 3.05) is 39.9 Å². The molecule has 1 N–H and O–H groups in total. The number of benzene rings is 1. The summed E-state index contributed by atoms with van der Waals surface area (Å²) < 4.78 is 5.68. The van der Waals surface area contributed by atoms with Gasteiger partial charge in [0.05, 0.1) is 6.61 Å². The first-order valence-electron chi connectivity index (χ1n) is 11.0. The van der Waals surface area contributed by atoms with E-state index >= 15 is 0 Å². The van der Waals surface area contributed by atoms with Crippen molar-refractivity contribution < 1.29 is 4.74 Å². The Bertz CT molecular complexity index is 683. The third kappa shape index (κ3) is 4.36. The van der Waals surface area contributed by atoms with Crippen LogP contribution in [-0.2, 0) is 17.8 Å². The van der Waals surface area contributed by atoms with Crippen molar-refractivity contribution in [2.45, 2.75) is 58.2 Å². The Morgan fingerprint density at radius 1 is 1.21 bits per heavy atom. The summed E-state index contributed by atoms with van der Waals surface area (Å²) in [6.07, 6.45) is 6.44. The van der Waals surface area contributed by atoms with Gasteiger partial charge >= 0.3 is 0 Å². The van der Waals surface area contributed by atoms with Gasteiger partial charge < -0.3 is 15.0 Å². The van der Waals surface area contributed by atoms with Gasteiger partial charge in [-0.2, -0.15) is 0 Å². The molecule has 2 atom stereocenters. The molecule has 28 heavy (non-hydrogen) atoms. The van der Waals surface area contributed by atoms with Crippen molar-refractivity contribution in [1.82, 2.24) is 15.1 Å². The number of aliphatic imine (C=N–C) groups is 1. The molecule has 0 radical (unpaired) electrons. The Hall–Kier alpha value is -1.59. The second kappa shape index (κ2) is 8.83. The van der Waals surface area contributed by atoms with Crippen LogP contribution in [0, 0.1) is 5.41 Å². The smallest absolute Gasteiger partial charge is 0.193 e. The number of hydrogen-bond acceptors (Lipinski definition) is 3. The zero-order valence-corrected chi connectivity index (χ0v) is 17.6. The predicted molar refractivity (Wildman–Crippen MR) is 114 cm³/mol. The minimum Gasteiger partial charge on any atom is -0.381 e. The molecule has 3 saturated heterocycles. The third-order valence-corrected chi connectivity index (χ3v) is 7.00. The highest BCUT2D eigenvalue weighted by molar-refractivity contribution is 5.80. The Balaban J connectivity index is 1.37. The van der Waals surface area contributed by atoms with Gasteiger partial charge in [-0.1, -0.05) is 30.7 Å². The van der Waals surface area contributed by atoms with Gasteiger partial charge in [0, 0.05) is 51.3 Å². The van der Waals surface area contributed by atoms with Crippen LogP contribution in [0.2, 0.25) is 0 Å². The van der Waals surface area contributed by atoms with Crippen LogP contribution >= 0.6 is 0 Å². The van der Waals surface area contributed by atoms with Crippen molar-refractivity contribution in [3.8, 4) is 0 Å². The number of nitrogens with one attached hydrogen (secondary N) is 1. The fourth-order valence-corrected chi connectivity index (χ4v) is 5.09. The second-order valence-corrected chi connectivity index (χ2v) is 8.96. The molecule has 5 heteroatoms. The number of hydrogen-bond donors (Lipinski definition) is 1. The summed E-state index contributed by atoms with van der Waals surface area (Å²) in [6, 6.07) is 9.58. The quantitative estimate of drug-likeness (QED) is 0.639. The molecule has 0 aromatic heterocycles. The normalized spacial score (nSPS) is 29.0. The van der Waals surface area contributed by atoms with Crippen LogP contribution in [0.25, 0.3) is 0 Å². The molecule has 0 aliphatic carbocycles. The van der Waals surface area contributed by atoms with E-state index in [0.29, 0.717) is 11.5 Å². The lowest BCUT2D eigenvalue weighted by Gasteiger charge is -2.34. The second-order valence-electron chi connectivity index (χ2n) is 8.96. The lowest BCUT2D eigenvalue weighted by Crippen LogP contribution is -2.41. The van der Waals surface area contributed by atoms with Crippen molar-refractivity contribution in [2.24, 2.45) is 10.4 Å². The first-order chi connectivity index (χ1) is 13.7. The Labute approximate surface area is 170 Å². The summed E-state index contributed by atoms with van der Waals surface area (Å²) >= 11 is 0. The van der Waals surface area contributed by atoms with Crippen molar-refractivity contribution in [1.29, 1.82) is 0 Å². The molecule has 0 amide bonds. The number of likely N-dealkylation sites (tertiary alicyclic amines) is 2. The van der Waals surface area contributed by atoms with Crippen LogP contribution in [0.1, 0.15) is 50.2 Å². The van der Waals surface area contributed by atoms with E-state index in [0.717, 1.165) is 45.4 Å². The Morgan fingerprint density at radius 3 is 2.82 bits per heavy atom. The summed E-state index contributed by atoms with van der Waals surface area (Å²) in [5.41, 5.74) is 3.20. The lowest BCUT2D eigenvalue weighted by atomic mass is 9.87. The Kier molecular flexibility index (Phi) is 6.22. The van der Waals surface area contributed by atoms with Crippen molar-refractivity contribution in [3.05, 3.63) is 35.4 Å². The van der Waals surface area contributed by atoms with E-state index in [9.17, 15) is 0 Å². The van der Waals surface area contributed by atoms with E-state index in [4.69, 9.17) is 4.74 Å². The largest absolute Gasteiger partial charge is 0.381 e. The molecule has 1 spiro atoms. The molecule has 1 aromatic carbocycles. The minimum absolute atomic E-state index is 0.361. The van der Waals surface area contributed by atoms with Gasteiger partial charge in [-0.05, 0) is 50.3 Å². The lowest BCUT2D eigenvalue weighted by molar-refractivity contribution is 0.152. The standard InChI is InChI=1S/C23H36N4O/c1-19-7-5-6-12-26(19)16-21-9-4-3-8-20(21)15-25-22(24-2)27-13-10-23(17-27)11-14-28-18-23/h3-4,8-9,19H,5-7,10-18H2,1-2H3,(H,24,25). The van der Waals surface area contributed by atoms with Crippen LogP contribution in [0.5, 0.6) is 0 Å². The van der Waals surface area contributed by atoms with Crippen LogP contribution < -0.4 is 5.32 Å². The van der Waals surface area contributed by atoms with Crippen LogP contribution in [0.15, 0.2) is 29.3 Å². The molecule has 3 aliphatic heterocycles.